The molecule has 2 aromatic rings. The van der Waals surface area contributed by atoms with Gasteiger partial charge in [-0.05, 0) is 18.3 Å². The van der Waals surface area contributed by atoms with E-state index in [1.54, 1.807) is 6.21 Å². The number of nitrogens with zero attached hydrogens (tertiary/aromatic N) is 1. The number of thiocarbonyl (C=S) groups is 1. The molecule has 0 amide bonds. The van der Waals surface area contributed by atoms with Gasteiger partial charge < -0.3 is 20.9 Å². The molecule has 0 aliphatic heterocycles. The number of para-hydroxylation sites is 1. The maximum atomic E-state index is 5.23. The highest BCUT2D eigenvalue weighted by molar-refractivity contribution is 7.80. The van der Waals surface area contributed by atoms with Gasteiger partial charge in [0.2, 0.25) is 0 Å². The van der Waals surface area contributed by atoms with E-state index in [9.17, 15) is 0 Å². The van der Waals surface area contributed by atoms with Crippen LogP contribution in [-0.2, 0) is 4.84 Å². The zero-order valence-electron chi connectivity index (χ0n) is 9.01. The average molecular weight is 248 g/mol. The van der Waals surface area contributed by atoms with Gasteiger partial charge in [0.05, 0.1) is 6.21 Å². The third kappa shape index (κ3) is 2.94. The normalized spacial score (nSPS) is 10.8. The van der Waals surface area contributed by atoms with Crippen LogP contribution < -0.4 is 11.1 Å². The molecule has 0 unspecified atom stereocenters. The van der Waals surface area contributed by atoms with Crippen LogP contribution in [0.4, 0.5) is 0 Å². The molecule has 0 saturated carbocycles. The number of hydrogen-bond acceptors (Lipinski definition) is 3. The summed E-state index contributed by atoms with van der Waals surface area (Å²) in [6.07, 6.45) is 3.51. The summed E-state index contributed by atoms with van der Waals surface area (Å²) < 4.78 is 0. The van der Waals surface area contributed by atoms with Crippen LogP contribution in [0, 0.1) is 0 Å². The summed E-state index contributed by atoms with van der Waals surface area (Å²) in [4.78, 5) is 8.09. The standard InChI is InChI=1S/C11H12N4OS/c12-11(17)14-7-16-15-6-8-5-13-10-4-2-1-3-9(8)10/h1-6,13H,7H2,(H3,12,14,17)/b15-6+. The first kappa shape index (κ1) is 11.4. The first-order chi connectivity index (χ1) is 8.27. The number of rotatable bonds is 4. The minimum absolute atomic E-state index is 0.161. The van der Waals surface area contributed by atoms with E-state index < -0.39 is 0 Å². The molecule has 0 aliphatic carbocycles. The quantitative estimate of drug-likeness (QED) is 0.251. The summed E-state index contributed by atoms with van der Waals surface area (Å²) in [5, 5.41) is 7.73. The summed E-state index contributed by atoms with van der Waals surface area (Å²) in [7, 11) is 0. The number of nitrogens with one attached hydrogen (secondary N) is 2. The van der Waals surface area contributed by atoms with Crippen LogP contribution in [0.15, 0.2) is 35.6 Å². The van der Waals surface area contributed by atoms with Crippen LogP contribution in [0.25, 0.3) is 10.9 Å². The van der Waals surface area contributed by atoms with E-state index in [4.69, 9.17) is 10.6 Å². The zero-order chi connectivity index (χ0) is 12.1. The lowest BCUT2D eigenvalue weighted by molar-refractivity contribution is 0.140. The third-order valence-corrected chi connectivity index (χ3v) is 2.34. The molecule has 0 radical (unpaired) electrons. The summed E-state index contributed by atoms with van der Waals surface area (Å²) in [5.74, 6) is 0. The minimum atomic E-state index is 0.161. The summed E-state index contributed by atoms with van der Waals surface area (Å²) in [5.41, 5.74) is 7.26. The molecule has 5 nitrogen and oxygen atoms in total. The second-order valence-electron chi connectivity index (χ2n) is 3.34. The monoisotopic (exact) mass is 248 g/mol. The SMILES string of the molecule is NC(=S)NCO/N=C/c1c[nH]c2ccccc12. The largest absolute Gasteiger partial charge is 0.376 e. The van der Waals surface area contributed by atoms with E-state index in [2.05, 4.69) is 27.7 Å². The van der Waals surface area contributed by atoms with Gasteiger partial charge in [-0.15, -0.1) is 0 Å². The average Bonchev–Trinajstić information content (AvgIpc) is 2.72. The van der Waals surface area contributed by atoms with Gasteiger partial charge in [0, 0.05) is 22.7 Å². The number of nitrogens with two attached hydrogens (primary N) is 1. The van der Waals surface area contributed by atoms with Gasteiger partial charge in [0.15, 0.2) is 11.8 Å². The molecule has 2 rings (SSSR count). The fraction of sp³-hybridized carbons (Fsp3) is 0.0909. The number of aromatic nitrogens is 1. The number of aromatic amines is 1. The molecular formula is C11H12N4OS. The Morgan fingerprint density at radius 3 is 3.18 bits per heavy atom. The van der Waals surface area contributed by atoms with Gasteiger partial charge in [0.1, 0.15) is 0 Å². The van der Waals surface area contributed by atoms with E-state index in [0.29, 0.717) is 0 Å². The molecule has 0 saturated heterocycles. The Morgan fingerprint density at radius 1 is 1.53 bits per heavy atom. The smallest absolute Gasteiger partial charge is 0.189 e. The highest BCUT2D eigenvalue weighted by Gasteiger charge is 1.99. The number of H-pyrrole nitrogens is 1. The van der Waals surface area contributed by atoms with Gasteiger partial charge in [-0.25, -0.2) is 0 Å². The number of hydrogen-bond donors (Lipinski definition) is 3. The molecule has 1 aromatic heterocycles. The zero-order valence-corrected chi connectivity index (χ0v) is 9.83. The predicted octanol–water partition coefficient (Wildman–Crippen LogP) is 1.31. The van der Waals surface area contributed by atoms with Crippen molar-refractivity contribution in [3.05, 3.63) is 36.0 Å². The lowest BCUT2D eigenvalue weighted by Gasteiger charge is -2.00. The van der Waals surface area contributed by atoms with Crippen LogP contribution in [0.5, 0.6) is 0 Å². The number of fused-ring (bicyclic) bond motifs is 1. The highest BCUT2D eigenvalue weighted by atomic mass is 32.1. The molecule has 17 heavy (non-hydrogen) atoms. The van der Waals surface area contributed by atoms with Crippen molar-refractivity contribution < 1.29 is 4.84 Å². The number of benzene rings is 1. The summed E-state index contributed by atoms with van der Waals surface area (Å²) >= 11 is 4.62. The highest BCUT2D eigenvalue weighted by Crippen LogP contribution is 2.15. The minimum Gasteiger partial charge on any atom is -0.376 e. The Hall–Kier alpha value is -2.08. The van der Waals surface area contributed by atoms with Gasteiger partial charge in [-0.3, -0.25) is 0 Å². The van der Waals surface area contributed by atoms with Crippen LogP contribution in [0.2, 0.25) is 0 Å². The molecule has 0 spiro atoms. The lowest BCUT2D eigenvalue weighted by Crippen LogP contribution is -2.30. The fourth-order valence-electron chi connectivity index (χ4n) is 1.44. The van der Waals surface area contributed by atoms with Crippen LogP contribution in [-0.4, -0.2) is 23.0 Å². The Bertz CT molecular complexity index is 549. The van der Waals surface area contributed by atoms with E-state index in [-0.39, 0.29) is 11.8 Å². The van der Waals surface area contributed by atoms with E-state index >= 15 is 0 Å². The second-order valence-corrected chi connectivity index (χ2v) is 3.78. The Kier molecular flexibility index (Phi) is 3.56. The summed E-state index contributed by atoms with van der Waals surface area (Å²) in [6.45, 7) is 0.161. The van der Waals surface area contributed by atoms with Crippen molar-refractivity contribution in [2.45, 2.75) is 0 Å². The lowest BCUT2D eigenvalue weighted by atomic mass is 10.2. The molecule has 0 fully saturated rings. The maximum Gasteiger partial charge on any atom is 0.189 e. The first-order valence-electron chi connectivity index (χ1n) is 5.02. The van der Waals surface area contributed by atoms with E-state index in [0.717, 1.165) is 16.5 Å². The first-order valence-corrected chi connectivity index (χ1v) is 5.43. The maximum absolute atomic E-state index is 5.23. The molecule has 1 aromatic carbocycles. The molecule has 6 heteroatoms. The van der Waals surface area contributed by atoms with Crippen molar-refractivity contribution in [2.75, 3.05) is 6.73 Å². The molecule has 4 N–H and O–H groups in total. The van der Waals surface area contributed by atoms with Crippen molar-refractivity contribution in [3.63, 3.8) is 0 Å². The van der Waals surface area contributed by atoms with Crippen molar-refractivity contribution in [3.8, 4) is 0 Å². The second kappa shape index (κ2) is 5.31. The van der Waals surface area contributed by atoms with Gasteiger partial charge in [-0.2, -0.15) is 0 Å². The fourth-order valence-corrected chi connectivity index (χ4v) is 1.49. The van der Waals surface area contributed by atoms with Gasteiger partial charge in [0.25, 0.3) is 0 Å². The Morgan fingerprint density at radius 2 is 2.35 bits per heavy atom. The summed E-state index contributed by atoms with van der Waals surface area (Å²) in [6, 6.07) is 7.97. The van der Waals surface area contributed by atoms with E-state index in [1.165, 1.54) is 0 Å². The van der Waals surface area contributed by atoms with Crippen molar-refractivity contribution in [1.82, 2.24) is 10.3 Å². The van der Waals surface area contributed by atoms with Crippen LogP contribution in [0.3, 0.4) is 0 Å². The Labute approximate surface area is 104 Å². The molecular weight excluding hydrogens is 236 g/mol. The van der Waals surface area contributed by atoms with Crippen molar-refractivity contribution >= 4 is 34.4 Å². The topological polar surface area (TPSA) is 75.4 Å². The predicted molar refractivity (Wildman–Crippen MR) is 71.8 cm³/mol. The molecule has 0 bridgehead atoms. The van der Waals surface area contributed by atoms with Gasteiger partial charge >= 0.3 is 0 Å². The molecule has 1 heterocycles. The Balaban J connectivity index is 1.98. The van der Waals surface area contributed by atoms with E-state index in [1.807, 2.05) is 30.5 Å². The van der Waals surface area contributed by atoms with Gasteiger partial charge in [-0.1, -0.05) is 23.4 Å². The molecule has 0 aliphatic rings. The third-order valence-electron chi connectivity index (χ3n) is 2.20. The van der Waals surface area contributed by atoms with Crippen LogP contribution >= 0.6 is 12.2 Å². The number of oxime groups is 1. The van der Waals surface area contributed by atoms with Crippen LogP contribution in [0.1, 0.15) is 5.56 Å². The van der Waals surface area contributed by atoms with Crippen molar-refractivity contribution in [2.24, 2.45) is 10.9 Å². The molecule has 88 valence electrons. The molecule has 0 atom stereocenters. The van der Waals surface area contributed by atoms with Crippen molar-refractivity contribution in [1.29, 1.82) is 0 Å².